The highest BCUT2D eigenvalue weighted by molar-refractivity contribution is 5.40. The lowest BCUT2D eigenvalue weighted by molar-refractivity contribution is 0.219. The maximum absolute atomic E-state index is 10.4. The van der Waals surface area contributed by atoms with E-state index >= 15 is 0 Å². The van der Waals surface area contributed by atoms with Crippen LogP contribution >= 0.6 is 0 Å². The van der Waals surface area contributed by atoms with Crippen LogP contribution in [0.4, 0.5) is 0 Å². The van der Waals surface area contributed by atoms with E-state index in [9.17, 15) is 5.11 Å². The van der Waals surface area contributed by atoms with Crippen LogP contribution in [-0.2, 0) is 6.54 Å². The highest BCUT2D eigenvalue weighted by atomic mass is 16.3. The van der Waals surface area contributed by atoms with Crippen molar-refractivity contribution in [2.75, 3.05) is 0 Å². The molecule has 1 atom stereocenters. The molecule has 3 nitrogen and oxygen atoms in total. The molecule has 0 fully saturated rings. The maximum Gasteiger partial charge on any atom is 0.107 e. The van der Waals surface area contributed by atoms with Gasteiger partial charge in [-0.1, -0.05) is 12.1 Å². The largest absolute Gasteiger partial charge is 0.384 e. The van der Waals surface area contributed by atoms with Gasteiger partial charge in [0.2, 0.25) is 0 Å². The zero-order valence-electron chi connectivity index (χ0n) is 11.4. The summed E-state index contributed by atoms with van der Waals surface area (Å²) in [5, 5.41) is 14.7. The summed E-state index contributed by atoms with van der Waals surface area (Å²) in [4.78, 5) is 0. The lowest BCUT2D eigenvalue weighted by atomic mass is 9.95. The highest BCUT2D eigenvalue weighted by Crippen LogP contribution is 2.26. The van der Waals surface area contributed by atoms with Gasteiger partial charge in [-0.15, -0.1) is 0 Å². The van der Waals surface area contributed by atoms with E-state index in [0.717, 1.165) is 23.2 Å². The molecule has 1 N–H and O–H groups in total. The van der Waals surface area contributed by atoms with Crippen molar-refractivity contribution in [3.05, 3.63) is 52.3 Å². The Hall–Kier alpha value is -1.61. The average molecular weight is 244 g/mol. The second kappa shape index (κ2) is 4.94. The molecule has 0 spiro atoms. The van der Waals surface area contributed by atoms with Crippen molar-refractivity contribution in [1.82, 2.24) is 9.78 Å². The molecule has 2 aromatic rings. The van der Waals surface area contributed by atoms with Gasteiger partial charge in [0.05, 0.1) is 6.20 Å². The van der Waals surface area contributed by atoms with Crippen LogP contribution < -0.4 is 0 Å². The van der Waals surface area contributed by atoms with E-state index < -0.39 is 6.10 Å². The van der Waals surface area contributed by atoms with E-state index in [2.05, 4.69) is 31.1 Å². The van der Waals surface area contributed by atoms with Gasteiger partial charge < -0.3 is 5.11 Å². The first-order chi connectivity index (χ1) is 8.52. The van der Waals surface area contributed by atoms with Crippen molar-refractivity contribution in [2.45, 2.75) is 40.3 Å². The molecule has 18 heavy (non-hydrogen) atoms. The summed E-state index contributed by atoms with van der Waals surface area (Å²) in [5.41, 5.74) is 5.40. The lowest BCUT2D eigenvalue weighted by Crippen LogP contribution is -2.03. The van der Waals surface area contributed by atoms with Crippen molar-refractivity contribution in [3.63, 3.8) is 0 Å². The van der Waals surface area contributed by atoms with Crippen LogP contribution in [0.15, 0.2) is 24.5 Å². The minimum absolute atomic E-state index is 0.593. The summed E-state index contributed by atoms with van der Waals surface area (Å²) in [6.07, 6.45) is 3.05. The Kier molecular flexibility index (Phi) is 3.53. The van der Waals surface area contributed by atoms with Crippen LogP contribution in [0.3, 0.4) is 0 Å². The predicted octanol–water partition coefficient (Wildman–Crippen LogP) is 2.91. The molecule has 0 saturated carbocycles. The molecule has 0 radical (unpaired) electrons. The van der Waals surface area contributed by atoms with Gasteiger partial charge in [-0.25, -0.2) is 0 Å². The number of aryl methyl sites for hydroxylation is 4. The number of aromatic nitrogens is 2. The van der Waals surface area contributed by atoms with Crippen molar-refractivity contribution in [1.29, 1.82) is 0 Å². The zero-order valence-corrected chi connectivity index (χ0v) is 11.4. The number of benzene rings is 1. The fraction of sp³-hybridized carbons (Fsp3) is 0.400. The molecular weight excluding hydrogens is 224 g/mol. The Morgan fingerprint density at radius 1 is 1.17 bits per heavy atom. The third-order valence-corrected chi connectivity index (χ3v) is 3.47. The Morgan fingerprint density at radius 3 is 2.44 bits per heavy atom. The van der Waals surface area contributed by atoms with Gasteiger partial charge in [0.25, 0.3) is 0 Å². The summed E-state index contributed by atoms with van der Waals surface area (Å²) in [6.45, 7) is 9.05. The number of nitrogens with zero attached hydrogens (tertiary/aromatic N) is 2. The monoisotopic (exact) mass is 244 g/mol. The first-order valence-corrected chi connectivity index (χ1v) is 6.31. The number of hydrogen-bond donors (Lipinski definition) is 1. The number of aliphatic hydroxyl groups is 1. The standard InChI is InChI=1S/C15H20N2O/c1-5-17-9-13(8-16-17)15(18)14-7-11(3)10(2)6-12(14)4/h6-9,15,18H,5H2,1-4H3. The first-order valence-electron chi connectivity index (χ1n) is 6.31. The van der Waals surface area contributed by atoms with E-state index in [1.807, 2.05) is 24.7 Å². The molecule has 0 bridgehead atoms. The topological polar surface area (TPSA) is 38.0 Å². The van der Waals surface area contributed by atoms with Gasteiger partial charge in [-0.2, -0.15) is 5.10 Å². The second-order valence-electron chi connectivity index (χ2n) is 4.82. The van der Waals surface area contributed by atoms with Crippen molar-refractivity contribution < 1.29 is 5.11 Å². The minimum atomic E-state index is -0.593. The summed E-state index contributed by atoms with van der Waals surface area (Å²) in [6, 6.07) is 4.19. The molecule has 2 rings (SSSR count). The van der Waals surface area contributed by atoms with E-state index in [1.165, 1.54) is 11.1 Å². The zero-order chi connectivity index (χ0) is 13.3. The quantitative estimate of drug-likeness (QED) is 0.901. The molecule has 0 aliphatic rings. The summed E-state index contributed by atoms with van der Waals surface area (Å²) in [7, 11) is 0. The smallest absolute Gasteiger partial charge is 0.107 e. The Bertz CT molecular complexity index is 558. The molecule has 0 aliphatic heterocycles. The Morgan fingerprint density at radius 2 is 1.83 bits per heavy atom. The average Bonchev–Trinajstić information content (AvgIpc) is 2.81. The molecular formula is C15H20N2O. The minimum Gasteiger partial charge on any atom is -0.384 e. The Labute approximate surface area is 108 Å². The van der Waals surface area contributed by atoms with Gasteiger partial charge in [0.1, 0.15) is 6.10 Å². The van der Waals surface area contributed by atoms with Crippen LogP contribution in [0.2, 0.25) is 0 Å². The van der Waals surface area contributed by atoms with E-state index in [1.54, 1.807) is 6.20 Å². The van der Waals surface area contributed by atoms with Gasteiger partial charge in [0.15, 0.2) is 0 Å². The van der Waals surface area contributed by atoms with Crippen LogP contribution in [0, 0.1) is 20.8 Å². The van der Waals surface area contributed by atoms with Gasteiger partial charge >= 0.3 is 0 Å². The van der Waals surface area contributed by atoms with Gasteiger partial charge in [-0.3, -0.25) is 4.68 Å². The fourth-order valence-electron chi connectivity index (χ4n) is 2.15. The molecule has 96 valence electrons. The van der Waals surface area contributed by atoms with Crippen LogP contribution in [0.5, 0.6) is 0 Å². The first kappa shape index (κ1) is 12.8. The molecule has 1 aromatic heterocycles. The molecule has 1 aromatic carbocycles. The van der Waals surface area contributed by atoms with Gasteiger partial charge in [0, 0.05) is 18.3 Å². The van der Waals surface area contributed by atoms with Crippen LogP contribution in [0.25, 0.3) is 0 Å². The number of hydrogen-bond acceptors (Lipinski definition) is 2. The van der Waals surface area contributed by atoms with Crippen molar-refractivity contribution in [3.8, 4) is 0 Å². The predicted molar refractivity (Wildman–Crippen MR) is 72.6 cm³/mol. The van der Waals surface area contributed by atoms with E-state index in [4.69, 9.17) is 0 Å². The van der Waals surface area contributed by atoms with Gasteiger partial charge in [-0.05, 0) is 49.9 Å². The Balaban J connectivity index is 2.39. The molecule has 1 unspecified atom stereocenters. The second-order valence-corrected chi connectivity index (χ2v) is 4.82. The van der Waals surface area contributed by atoms with E-state index in [0.29, 0.717) is 0 Å². The van der Waals surface area contributed by atoms with E-state index in [-0.39, 0.29) is 0 Å². The van der Waals surface area contributed by atoms with Crippen LogP contribution in [-0.4, -0.2) is 14.9 Å². The van der Waals surface area contributed by atoms with Crippen LogP contribution in [0.1, 0.15) is 40.8 Å². The lowest BCUT2D eigenvalue weighted by Gasteiger charge is -2.14. The summed E-state index contributed by atoms with van der Waals surface area (Å²) in [5.74, 6) is 0. The van der Waals surface area contributed by atoms with Crippen molar-refractivity contribution in [2.24, 2.45) is 0 Å². The molecule has 0 amide bonds. The highest BCUT2D eigenvalue weighted by Gasteiger charge is 2.15. The number of rotatable bonds is 3. The van der Waals surface area contributed by atoms with Crippen molar-refractivity contribution >= 4 is 0 Å². The number of aliphatic hydroxyl groups excluding tert-OH is 1. The summed E-state index contributed by atoms with van der Waals surface area (Å²) < 4.78 is 1.83. The third-order valence-electron chi connectivity index (χ3n) is 3.47. The molecule has 0 aliphatic carbocycles. The summed E-state index contributed by atoms with van der Waals surface area (Å²) >= 11 is 0. The molecule has 1 heterocycles. The molecule has 3 heteroatoms. The third kappa shape index (κ3) is 2.31. The maximum atomic E-state index is 10.4. The normalized spacial score (nSPS) is 12.7. The SMILES string of the molecule is CCn1cc(C(O)c2cc(C)c(C)cc2C)cn1. The fourth-order valence-corrected chi connectivity index (χ4v) is 2.15. The molecule has 0 saturated heterocycles.